The fourth-order valence-electron chi connectivity index (χ4n) is 1.19. The van der Waals surface area contributed by atoms with Gasteiger partial charge in [0.2, 0.25) is 5.56 Å². The van der Waals surface area contributed by atoms with Gasteiger partial charge in [-0.3, -0.25) is 9.59 Å². The lowest BCUT2D eigenvalue weighted by Gasteiger charge is -2.24. The van der Waals surface area contributed by atoms with Gasteiger partial charge in [0.1, 0.15) is 11.2 Å². The quantitative estimate of drug-likeness (QED) is 0.705. The Bertz CT molecular complexity index is 494. The number of carbonyl (C=O) groups excluding carboxylic acids is 1. The number of rotatable bonds is 4. The van der Waals surface area contributed by atoms with E-state index in [2.05, 4.69) is 10.3 Å². The lowest BCUT2D eigenvalue weighted by molar-refractivity contribution is -0.143. The molecule has 0 aliphatic heterocycles. The summed E-state index contributed by atoms with van der Waals surface area (Å²) >= 11 is 0. The molecule has 0 bridgehead atoms. The van der Waals surface area contributed by atoms with Gasteiger partial charge in [-0.2, -0.15) is 0 Å². The first-order chi connectivity index (χ1) is 7.89. The molecule has 1 aromatic rings. The van der Waals surface area contributed by atoms with Crippen LogP contribution in [0.2, 0.25) is 0 Å². The molecule has 0 radical (unpaired) electrons. The van der Waals surface area contributed by atoms with Crippen LogP contribution in [0.1, 0.15) is 30.8 Å². The zero-order valence-corrected chi connectivity index (χ0v) is 9.61. The molecular formula is C11H14N2O4. The van der Waals surface area contributed by atoms with Crippen molar-refractivity contribution in [3.05, 3.63) is 34.2 Å². The van der Waals surface area contributed by atoms with E-state index < -0.39 is 23.0 Å². The van der Waals surface area contributed by atoms with Crippen molar-refractivity contribution in [1.82, 2.24) is 10.3 Å². The van der Waals surface area contributed by atoms with Gasteiger partial charge in [-0.25, -0.2) is 4.79 Å². The Labute approximate surface area is 97.7 Å². The molecule has 1 aromatic heterocycles. The number of aliphatic carboxylic acids is 1. The fraction of sp³-hybridized carbons (Fsp3) is 0.364. The third kappa shape index (κ3) is 2.93. The molecular weight excluding hydrogens is 224 g/mol. The van der Waals surface area contributed by atoms with Gasteiger partial charge in [0.25, 0.3) is 5.91 Å². The SMILES string of the molecule is CCC(C)(NC(=O)c1cccc(=O)[nH]1)C(=O)O. The molecule has 17 heavy (non-hydrogen) atoms. The van der Waals surface area contributed by atoms with E-state index in [1.807, 2.05) is 0 Å². The lowest BCUT2D eigenvalue weighted by Crippen LogP contribution is -2.52. The predicted octanol–water partition coefficient (Wildman–Crippen LogP) is 0.358. The molecule has 0 saturated heterocycles. The predicted molar refractivity (Wildman–Crippen MR) is 60.9 cm³/mol. The van der Waals surface area contributed by atoms with E-state index in [1.54, 1.807) is 6.92 Å². The molecule has 0 aliphatic rings. The molecule has 1 amide bonds. The zero-order valence-electron chi connectivity index (χ0n) is 9.61. The number of amides is 1. The summed E-state index contributed by atoms with van der Waals surface area (Å²) in [7, 11) is 0. The Morgan fingerprint density at radius 2 is 2.12 bits per heavy atom. The summed E-state index contributed by atoms with van der Waals surface area (Å²) in [6.07, 6.45) is 0.241. The molecule has 1 atom stereocenters. The maximum atomic E-state index is 11.7. The van der Waals surface area contributed by atoms with E-state index in [1.165, 1.54) is 25.1 Å². The van der Waals surface area contributed by atoms with Crippen molar-refractivity contribution in [2.45, 2.75) is 25.8 Å². The molecule has 6 nitrogen and oxygen atoms in total. The number of pyridine rings is 1. The molecule has 1 rings (SSSR count). The lowest BCUT2D eigenvalue weighted by atomic mass is 9.99. The van der Waals surface area contributed by atoms with Gasteiger partial charge in [0.15, 0.2) is 0 Å². The minimum atomic E-state index is -1.34. The van der Waals surface area contributed by atoms with Gasteiger partial charge in [-0.15, -0.1) is 0 Å². The molecule has 0 aromatic carbocycles. The second-order valence-electron chi connectivity index (χ2n) is 3.87. The maximum absolute atomic E-state index is 11.7. The van der Waals surface area contributed by atoms with Gasteiger partial charge in [-0.1, -0.05) is 13.0 Å². The van der Waals surface area contributed by atoms with Crippen LogP contribution < -0.4 is 10.9 Å². The summed E-state index contributed by atoms with van der Waals surface area (Å²) in [4.78, 5) is 36.1. The Morgan fingerprint density at radius 1 is 1.47 bits per heavy atom. The number of hydrogen-bond donors (Lipinski definition) is 3. The van der Waals surface area contributed by atoms with E-state index in [0.717, 1.165) is 0 Å². The van der Waals surface area contributed by atoms with Crippen molar-refractivity contribution in [2.24, 2.45) is 0 Å². The van der Waals surface area contributed by atoms with Crippen molar-refractivity contribution in [2.75, 3.05) is 0 Å². The van der Waals surface area contributed by atoms with Crippen LogP contribution in [0.3, 0.4) is 0 Å². The van der Waals surface area contributed by atoms with Gasteiger partial charge in [0.05, 0.1) is 0 Å². The number of aromatic nitrogens is 1. The van der Waals surface area contributed by atoms with E-state index in [0.29, 0.717) is 0 Å². The number of carbonyl (C=O) groups is 2. The third-order valence-electron chi connectivity index (χ3n) is 2.58. The summed E-state index contributed by atoms with van der Waals surface area (Å²) in [6, 6.07) is 4.11. The van der Waals surface area contributed by atoms with Crippen LogP contribution in [0, 0.1) is 0 Å². The van der Waals surface area contributed by atoms with Crippen molar-refractivity contribution >= 4 is 11.9 Å². The van der Waals surface area contributed by atoms with E-state index in [4.69, 9.17) is 5.11 Å². The first-order valence-corrected chi connectivity index (χ1v) is 5.14. The van der Waals surface area contributed by atoms with Gasteiger partial charge < -0.3 is 15.4 Å². The Morgan fingerprint density at radius 3 is 2.59 bits per heavy atom. The smallest absolute Gasteiger partial charge is 0.329 e. The summed E-state index contributed by atoms with van der Waals surface area (Å²) in [5, 5.41) is 11.4. The standard InChI is InChI=1S/C11H14N2O4/c1-3-11(2,10(16)17)13-9(15)7-5-4-6-8(14)12-7/h4-6H,3H2,1-2H3,(H,12,14)(H,13,15)(H,16,17). The van der Waals surface area contributed by atoms with Gasteiger partial charge in [0, 0.05) is 6.07 Å². The molecule has 1 heterocycles. The van der Waals surface area contributed by atoms with E-state index in [-0.39, 0.29) is 12.1 Å². The van der Waals surface area contributed by atoms with Gasteiger partial charge >= 0.3 is 5.97 Å². The zero-order chi connectivity index (χ0) is 13.1. The molecule has 1 unspecified atom stereocenters. The largest absolute Gasteiger partial charge is 0.480 e. The number of aromatic amines is 1. The number of carboxylic acid groups (broad SMARTS) is 1. The summed E-state index contributed by atoms with van der Waals surface area (Å²) in [6.45, 7) is 3.07. The summed E-state index contributed by atoms with van der Waals surface area (Å²) < 4.78 is 0. The van der Waals surface area contributed by atoms with Crippen molar-refractivity contribution < 1.29 is 14.7 Å². The van der Waals surface area contributed by atoms with Crippen LogP contribution in [0.4, 0.5) is 0 Å². The molecule has 3 N–H and O–H groups in total. The number of carboxylic acids is 1. The van der Waals surface area contributed by atoms with Crippen molar-refractivity contribution in [3.63, 3.8) is 0 Å². The van der Waals surface area contributed by atoms with Crippen LogP contribution in [0.5, 0.6) is 0 Å². The van der Waals surface area contributed by atoms with E-state index >= 15 is 0 Å². The monoisotopic (exact) mass is 238 g/mol. The van der Waals surface area contributed by atoms with Crippen LogP contribution in [0.25, 0.3) is 0 Å². The summed E-state index contributed by atoms with van der Waals surface area (Å²) in [5.74, 6) is -1.74. The highest BCUT2D eigenvalue weighted by Gasteiger charge is 2.33. The van der Waals surface area contributed by atoms with Crippen LogP contribution in [-0.4, -0.2) is 27.5 Å². The Kier molecular flexibility index (Phi) is 3.67. The molecule has 0 fully saturated rings. The number of nitrogens with one attached hydrogen (secondary N) is 2. The average molecular weight is 238 g/mol. The second-order valence-corrected chi connectivity index (χ2v) is 3.87. The minimum Gasteiger partial charge on any atom is -0.480 e. The highest BCUT2D eigenvalue weighted by molar-refractivity contribution is 5.96. The van der Waals surface area contributed by atoms with Crippen LogP contribution in [-0.2, 0) is 4.79 Å². The van der Waals surface area contributed by atoms with Crippen LogP contribution in [0.15, 0.2) is 23.0 Å². The number of H-pyrrole nitrogens is 1. The molecule has 6 heteroatoms. The normalized spacial score (nSPS) is 13.8. The van der Waals surface area contributed by atoms with Crippen molar-refractivity contribution in [3.8, 4) is 0 Å². The molecule has 0 spiro atoms. The Hall–Kier alpha value is -2.11. The second kappa shape index (κ2) is 4.82. The average Bonchev–Trinajstić information content (AvgIpc) is 2.28. The fourth-order valence-corrected chi connectivity index (χ4v) is 1.19. The van der Waals surface area contributed by atoms with Crippen LogP contribution >= 0.6 is 0 Å². The Balaban J connectivity index is 2.93. The summed E-state index contributed by atoms with van der Waals surface area (Å²) in [5.41, 5.74) is -1.71. The number of hydrogen-bond acceptors (Lipinski definition) is 3. The third-order valence-corrected chi connectivity index (χ3v) is 2.58. The molecule has 0 aliphatic carbocycles. The molecule has 0 saturated carbocycles. The van der Waals surface area contributed by atoms with E-state index in [9.17, 15) is 14.4 Å². The molecule has 92 valence electrons. The van der Waals surface area contributed by atoms with Gasteiger partial charge in [-0.05, 0) is 19.4 Å². The first kappa shape index (κ1) is 13.0. The van der Waals surface area contributed by atoms with Crippen molar-refractivity contribution in [1.29, 1.82) is 0 Å². The topological polar surface area (TPSA) is 99.3 Å². The maximum Gasteiger partial charge on any atom is 0.329 e. The highest BCUT2D eigenvalue weighted by atomic mass is 16.4. The highest BCUT2D eigenvalue weighted by Crippen LogP contribution is 2.10. The first-order valence-electron chi connectivity index (χ1n) is 5.14. The minimum absolute atomic E-state index is 0.0402.